The molecule has 2 rings (SSSR count). The molecule has 0 bridgehead atoms. The van der Waals surface area contributed by atoms with Crippen LogP contribution in [-0.4, -0.2) is 19.1 Å². The number of amides is 1. The van der Waals surface area contributed by atoms with Gasteiger partial charge in [0.25, 0.3) is 0 Å². The van der Waals surface area contributed by atoms with E-state index in [1.54, 1.807) is 18.2 Å². The van der Waals surface area contributed by atoms with Crippen molar-refractivity contribution in [2.75, 3.05) is 18.5 Å². The number of rotatable bonds is 2. The van der Waals surface area contributed by atoms with Crippen molar-refractivity contribution in [2.24, 2.45) is 5.41 Å². The van der Waals surface area contributed by atoms with Crippen LogP contribution in [0.15, 0.2) is 18.2 Å². The molecule has 0 aliphatic carbocycles. The van der Waals surface area contributed by atoms with Crippen molar-refractivity contribution in [1.29, 1.82) is 5.26 Å². The highest BCUT2D eigenvalue weighted by Gasteiger charge is 2.40. The topological polar surface area (TPSA) is 62.1 Å². The number of benzene rings is 1. The summed E-state index contributed by atoms with van der Waals surface area (Å²) in [6.45, 7) is 0.814. The van der Waals surface area contributed by atoms with Gasteiger partial charge in [-0.25, -0.2) is 0 Å². The van der Waals surface area contributed by atoms with Crippen LogP contribution >= 0.6 is 23.2 Å². The summed E-state index contributed by atoms with van der Waals surface area (Å²) in [4.78, 5) is 12.3. The van der Waals surface area contributed by atoms with Crippen LogP contribution in [0.5, 0.6) is 0 Å². The second-order valence-electron chi connectivity index (χ2n) is 4.38. The van der Waals surface area contributed by atoms with Crippen LogP contribution in [0.2, 0.25) is 10.0 Å². The molecule has 1 aromatic rings. The third-order valence-electron chi connectivity index (χ3n) is 3.17. The number of carbonyl (C=O) groups excluding carboxylic acids is 1. The fourth-order valence-electron chi connectivity index (χ4n) is 1.94. The third kappa shape index (κ3) is 3.01. The fraction of sp³-hybridized carbons (Fsp3) is 0.385. The number of hydrogen-bond acceptors (Lipinski definition) is 3. The van der Waals surface area contributed by atoms with E-state index in [9.17, 15) is 10.1 Å². The van der Waals surface area contributed by atoms with E-state index in [1.807, 2.05) is 0 Å². The number of nitrogens with zero attached hydrogens (tertiary/aromatic N) is 1. The van der Waals surface area contributed by atoms with Gasteiger partial charge in [-0.15, -0.1) is 0 Å². The average Bonchev–Trinajstić information content (AvgIpc) is 2.43. The van der Waals surface area contributed by atoms with E-state index in [2.05, 4.69) is 11.4 Å². The van der Waals surface area contributed by atoms with E-state index < -0.39 is 5.41 Å². The molecule has 19 heavy (non-hydrogen) atoms. The highest BCUT2D eigenvalue weighted by Crippen LogP contribution is 2.33. The minimum absolute atomic E-state index is 0.359. The lowest BCUT2D eigenvalue weighted by Gasteiger charge is -2.29. The van der Waals surface area contributed by atoms with Crippen LogP contribution in [0, 0.1) is 16.7 Å². The molecule has 1 aliphatic rings. The smallest absolute Gasteiger partial charge is 0.245 e. The maximum absolute atomic E-state index is 12.3. The van der Waals surface area contributed by atoms with Gasteiger partial charge < -0.3 is 10.1 Å². The number of hydrogen-bond donors (Lipinski definition) is 1. The molecule has 0 unspecified atom stereocenters. The van der Waals surface area contributed by atoms with Gasteiger partial charge in [-0.3, -0.25) is 4.79 Å². The summed E-state index contributed by atoms with van der Waals surface area (Å²) in [5.41, 5.74) is -0.635. The maximum Gasteiger partial charge on any atom is 0.245 e. The normalized spacial score (nSPS) is 17.5. The lowest BCUT2D eigenvalue weighted by Crippen LogP contribution is -2.40. The molecule has 1 fully saturated rings. The Kier molecular flexibility index (Phi) is 4.31. The molecule has 1 saturated heterocycles. The van der Waals surface area contributed by atoms with Crippen molar-refractivity contribution >= 4 is 34.8 Å². The van der Waals surface area contributed by atoms with E-state index in [4.69, 9.17) is 27.9 Å². The predicted molar refractivity (Wildman–Crippen MR) is 73.2 cm³/mol. The Morgan fingerprint density at radius 1 is 1.37 bits per heavy atom. The van der Waals surface area contributed by atoms with Gasteiger partial charge in [0.05, 0.1) is 16.8 Å². The van der Waals surface area contributed by atoms with E-state index >= 15 is 0 Å². The van der Waals surface area contributed by atoms with Crippen molar-refractivity contribution in [2.45, 2.75) is 12.8 Å². The largest absolute Gasteiger partial charge is 0.381 e. The summed E-state index contributed by atoms with van der Waals surface area (Å²) in [5, 5.41) is 12.8. The quantitative estimate of drug-likeness (QED) is 0.911. The first-order chi connectivity index (χ1) is 9.07. The van der Waals surface area contributed by atoms with Crippen LogP contribution < -0.4 is 5.32 Å². The van der Waals surface area contributed by atoms with Crippen molar-refractivity contribution in [3.05, 3.63) is 28.2 Å². The summed E-state index contributed by atoms with van der Waals surface area (Å²) < 4.78 is 5.19. The third-order valence-corrected chi connectivity index (χ3v) is 3.74. The van der Waals surface area contributed by atoms with E-state index in [1.165, 1.54) is 0 Å². The Labute approximate surface area is 121 Å². The Bertz CT molecular complexity index is 534. The minimum atomic E-state index is -1.05. The number of anilines is 1. The number of nitriles is 1. The first kappa shape index (κ1) is 14.1. The second kappa shape index (κ2) is 5.79. The molecule has 100 valence electrons. The highest BCUT2D eigenvalue weighted by molar-refractivity contribution is 6.35. The van der Waals surface area contributed by atoms with Gasteiger partial charge in [-0.05, 0) is 31.0 Å². The molecule has 1 N–H and O–H groups in total. The molecule has 1 heterocycles. The van der Waals surface area contributed by atoms with Gasteiger partial charge in [-0.1, -0.05) is 23.2 Å². The van der Waals surface area contributed by atoms with Gasteiger partial charge in [0.15, 0.2) is 0 Å². The lowest BCUT2D eigenvalue weighted by atomic mass is 9.81. The minimum Gasteiger partial charge on any atom is -0.381 e. The first-order valence-corrected chi connectivity index (χ1v) is 6.58. The molecular formula is C13H12Cl2N2O2. The van der Waals surface area contributed by atoms with Crippen molar-refractivity contribution in [1.82, 2.24) is 0 Å². The SMILES string of the molecule is N#CC1(C(=O)Nc2cc(Cl)ccc2Cl)CCOCC1. The zero-order valence-corrected chi connectivity index (χ0v) is 11.6. The number of nitrogens with one attached hydrogen (secondary N) is 1. The zero-order chi connectivity index (χ0) is 13.9. The number of ether oxygens (including phenoxy) is 1. The Morgan fingerprint density at radius 2 is 2.05 bits per heavy atom. The number of carbonyl (C=O) groups is 1. The van der Waals surface area contributed by atoms with Crippen LogP contribution in [0.3, 0.4) is 0 Å². The molecule has 1 aliphatic heterocycles. The van der Waals surface area contributed by atoms with Gasteiger partial charge >= 0.3 is 0 Å². The van der Waals surface area contributed by atoms with Gasteiger partial charge in [-0.2, -0.15) is 5.26 Å². The average molecular weight is 299 g/mol. The van der Waals surface area contributed by atoms with Gasteiger partial charge in [0.1, 0.15) is 5.41 Å². The monoisotopic (exact) mass is 298 g/mol. The van der Waals surface area contributed by atoms with Crippen molar-refractivity contribution < 1.29 is 9.53 Å². The molecule has 6 heteroatoms. The molecule has 0 radical (unpaired) electrons. The van der Waals surface area contributed by atoms with E-state index in [0.717, 1.165) is 0 Å². The molecule has 0 saturated carbocycles. The first-order valence-electron chi connectivity index (χ1n) is 5.83. The van der Waals surface area contributed by atoms with E-state index in [-0.39, 0.29) is 5.91 Å². The molecule has 4 nitrogen and oxygen atoms in total. The summed E-state index contributed by atoms with van der Waals surface area (Å²) in [6, 6.07) is 6.90. The molecule has 0 atom stereocenters. The molecule has 1 aromatic carbocycles. The zero-order valence-electron chi connectivity index (χ0n) is 10.1. The summed E-state index contributed by atoms with van der Waals surface area (Å²) in [5.74, 6) is -0.359. The Balaban J connectivity index is 2.20. The van der Waals surface area contributed by atoms with Crippen LogP contribution in [0.1, 0.15) is 12.8 Å². The van der Waals surface area contributed by atoms with Crippen LogP contribution in [-0.2, 0) is 9.53 Å². The summed E-state index contributed by atoms with van der Waals surface area (Å²) >= 11 is 11.8. The van der Waals surface area contributed by atoms with E-state index in [0.29, 0.717) is 41.8 Å². The standard InChI is InChI=1S/C13H12Cl2N2O2/c14-9-1-2-10(15)11(7-9)17-12(18)13(8-16)3-5-19-6-4-13/h1-2,7H,3-6H2,(H,17,18). The lowest BCUT2D eigenvalue weighted by molar-refractivity contribution is -0.126. The summed E-state index contributed by atoms with van der Waals surface area (Å²) in [6.07, 6.45) is 0.765. The summed E-state index contributed by atoms with van der Waals surface area (Å²) in [7, 11) is 0. The predicted octanol–water partition coefficient (Wildman–Crippen LogP) is 3.25. The Morgan fingerprint density at radius 3 is 2.68 bits per heavy atom. The Hall–Kier alpha value is -1.28. The molecule has 0 aromatic heterocycles. The van der Waals surface area contributed by atoms with Crippen LogP contribution in [0.25, 0.3) is 0 Å². The highest BCUT2D eigenvalue weighted by atomic mass is 35.5. The van der Waals surface area contributed by atoms with Crippen molar-refractivity contribution in [3.8, 4) is 6.07 Å². The van der Waals surface area contributed by atoms with Gasteiger partial charge in [0.2, 0.25) is 5.91 Å². The van der Waals surface area contributed by atoms with Crippen LogP contribution in [0.4, 0.5) is 5.69 Å². The van der Waals surface area contributed by atoms with Gasteiger partial charge in [0, 0.05) is 18.2 Å². The number of halogens is 2. The second-order valence-corrected chi connectivity index (χ2v) is 5.23. The molecule has 1 amide bonds. The molecule has 0 spiro atoms. The fourth-order valence-corrected chi connectivity index (χ4v) is 2.28. The maximum atomic E-state index is 12.3. The molecular weight excluding hydrogens is 287 g/mol. The van der Waals surface area contributed by atoms with Crippen molar-refractivity contribution in [3.63, 3.8) is 0 Å².